The molecule has 1 heteroatoms. The van der Waals surface area contributed by atoms with Gasteiger partial charge in [-0.05, 0) is 103 Å². The SMILES string of the molecule is [C-]#[N+]c1cccc(-c2ccc3c(c2)C2(c4cc(-c5cccc(C)c5)ccc4C=C3)c3ccccc3-c3c2ccc2ccccc32)c1. The van der Waals surface area contributed by atoms with E-state index in [1.54, 1.807) is 0 Å². The van der Waals surface area contributed by atoms with Gasteiger partial charge in [0.05, 0.1) is 12.0 Å². The van der Waals surface area contributed by atoms with E-state index in [1.807, 2.05) is 18.2 Å². The van der Waals surface area contributed by atoms with Gasteiger partial charge in [0.2, 0.25) is 0 Å². The van der Waals surface area contributed by atoms with Gasteiger partial charge < -0.3 is 0 Å². The maximum absolute atomic E-state index is 7.64. The van der Waals surface area contributed by atoms with Crippen LogP contribution in [-0.4, -0.2) is 0 Å². The number of hydrogen-bond donors (Lipinski definition) is 0. The number of aryl methyl sites for hydroxylation is 1. The first-order valence-electron chi connectivity index (χ1n) is 15.8. The van der Waals surface area contributed by atoms with Crippen molar-refractivity contribution in [1.82, 2.24) is 0 Å². The molecule has 0 amide bonds. The lowest BCUT2D eigenvalue weighted by Gasteiger charge is -2.36. The van der Waals surface area contributed by atoms with Crippen molar-refractivity contribution in [1.29, 1.82) is 0 Å². The summed E-state index contributed by atoms with van der Waals surface area (Å²) in [6.07, 6.45) is 4.58. The number of hydrogen-bond acceptors (Lipinski definition) is 0. The zero-order valence-corrected chi connectivity index (χ0v) is 25.5. The molecule has 2 aliphatic carbocycles. The first-order valence-corrected chi connectivity index (χ1v) is 15.8. The molecule has 0 N–H and O–H groups in total. The third-order valence-corrected chi connectivity index (χ3v) is 9.95. The van der Waals surface area contributed by atoms with E-state index >= 15 is 0 Å². The highest BCUT2D eigenvalue weighted by Crippen LogP contribution is 2.60. The molecule has 2 aliphatic rings. The molecular weight excluding hydrogens is 555 g/mol. The molecule has 1 atom stereocenters. The lowest BCUT2D eigenvalue weighted by Crippen LogP contribution is -2.30. The fraction of sp³-hybridized carbons (Fsp3) is 0.0444. The molecule has 214 valence electrons. The van der Waals surface area contributed by atoms with Gasteiger partial charge in [0.25, 0.3) is 0 Å². The average molecular weight is 584 g/mol. The zero-order valence-electron chi connectivity index (χ0n) is 25.5. The molecular formula is C45H29N. The maximum atomic E-state index is 7.64. The van der Waals surface area contributed by atoms with Gasteiger partial charge >= 0.3 is 0 Å². The van der Waals surface area contributed by atoms with Crippen LogP contribution in [0.25, 0.3) is 61.2 Å². The fourth-order valence-corrected chi connectivity index (χ4v) is 7.94. The van der Waals surface area contributed by atoms with E-state index in [-0.39, 0.29) is 0 Å². The number of rotatable bonds is 2. The normalized spacial score (nSPS) is 15.5. The lowest BCUT2D eigenvalue weighted by atomic mass is 9.65. The molecule has 7 aromatic rings. The third-order valence-electron chi connectivity index (χ3n) is 9.95. The van der Waals surface area contributed by atoms with Crippen LogP contribution in [0.5, 0.6) is 0 Å². The van der Waals surface area contributed by atoms with E-state index in [1.165, 1.54) is 72.0 Å². The van der Waals surface area contributed by atoms with E-state index in [4.69, 9.17) is 6.57 Å². The summed E-state index contributed by atoms with van der Waals surface area (Å²) in [7, 11) is 0. The minimum atomic E-state index is -0.558. The summed E-state index contributed by atoms with van der Waals surface area (Å²) in [5.74, 6) is 0. The first-order chi connectivity index (χ1) is 22.6. The second-order valence-electron chi connectivity index (χ2n) is 12.5. The molecule has 0 saturated carbocycles. The minimum absolute atomic E-state index is 0.558. The fourth-order valence-electron chi connectivity index (χ4n) is 7.94. The van der Waals surface area contributed by atoms with Gasteiger partial charge in [-0.3, -0.25) is 0 Å². The van der Waals surface area contributed by atoms with Crippen LogP contribution >= 0.6 is 0 Å². The van der Waals surface area contributed by atoms with Crippen molar-refractivity contribution >= 4 is 28.6 Å². The Morgan fingerprint density at radius 1 is 0.500 bits per heavy atom. The van der Waals surface area contributed by atoms with Crippen molar-refractivity contribution in [2.75, 3.05) is 0 Å². The number of fused-ring (bicyclic) bond motifs is 11. The Kier molecular flexibility index (Phi) is 5.76. The monoisotopic (exact) mass is 583 g/mol. The number of nitrogens with zero attached hydrogens (tertiary/aromatic N) is 1. The van der Waals surface area contributed by atoms with Gasteiger partial charge in [-0.15, -0.1) is 0 Å². The van der Waals surface area contributed by atoms with E-state index in [0.717, 1.165) is 11.1 Å². The van der Waals surface area contributed by atoms with Crippen LogP contribution in [0.1, 0.15) is 38.9 Å². The van der Waals surface area contributed by atoms with Crippen molar-refractivity contribution in [2.24, 2.45) is 0 Å². The van der Waals surface area contributed by atoms with Crippen LogP contribution in [0.4, 0.5) is 5.69 Å². The predicted molar refractivity (Wildman–Crippen MR) is 192 cm³/mol. The summed E-state index contributed by atoms with van der Waals surface area (Å²) in [6.45, 7) is 9.80. The summed E-state index contributed by atoms with van der Waals surface area (Å²) in [4.78, 5) is 3.73. The van der Waals surface area contributed by atoms with Crippen molar-refractivity contribution in [3.8, 4) is 33.4 Å². The molecule has 9 rings (SSSR count). The van der Waals surface area contributed by atoms with Gasteiger partial charge in [0.15, 0.2) is 5.69 Å². The summed E-state index contributed by atoms with van der Waals surface area (Å²) in [5.41, 5.74) is 16.1. The van der Waals surface area contributed by atoms with Crippen molar-refractivity contribution in [3.63, 3.8) is 0 Å². The molecule has 0 aromatic heterocycles. The smallest absolute Gasteiger partial charge is 0.187 e. The Bertz CT molecular complexity index is 2450. The quantitative estimate of drug-likeness (QED) is 0.178. The molecule has 0 fully saturated rings. The van der Waals surface area contributed by atoms with Gasteiger partial charge in [-0.25, -0.2) is 4.85 Å². The number of benzene rings is 7. The standard InChI is InChI=1S/C45H29N/c1-29-9-7-11-33(25-29)35-21-19-31-17-18-32-20-22-36(34-12-8-13-37(26-34)46-2)28-43(32)45(42(31)27-35)40-16-6-5-15-39(40)44-38-14-4-3-10-30(38)23-24-41(44)45/h3-28H,1H3. The molecule has 7 aromatic carbocycles. The molecule has 46 heavy (non-hydrogen) atoms. The topological polar surface area (TPSA) is 4.36 Å². The highest BCUT2D eigenvalue weighted by molar-refractivity contribution is 6.05. The molecule has 0 radical (unpaired) electrons. The molecule has 1 nitrogen and oxygen atoms in total. The van der Waals surface area contributed by atoms with E-state index in [9.17, 15) is 0 Å². The summed E-state index contributed by atoms with van der Waals surface area (Å²) in [6, 6.07) is 53.1. The highest BCUT2D eigenvalue weighted by Gasteiger charge is 2.49. The van der Waals surface area contributed by atoms with Crippen LogP contribution in [0, 0.1) is 13.5 Å². The Morgan fingerprint density at radius 2 is 1.15 bits per heavy atom. The molecule has 0 aliphatic heterocycles. The van der Waals surface area contributed by atoms with Gasteiger partial charge in [0, 0.05) is 0 Å². The molecule has 1 unspecified atom stereocenters. The van der Waals surface area contributed by atoms with Crippen LogP contribution in [0.3, 0.4) is 0 Å². The molecule has 0 heterocycles. The molecule has 0 saturated heterocycles. The second kappa shape index (κ2) is 10.0. The zero-order chi connectivity index (χ0) is 30.8. The Morgan fingerprint density at radius 3 is 1.89 bits per heavy atom. The van der Waals surface area contributed by atoms with Gasteiger partial charge in [-0.2, -0.15) is 0 Å². The minimum Gasteiger partial charge on any atom is -0.238 e. The van der Waals surface area contributed by atoms with Gasteiger partial charge in [-0.1, -0.05) is 145 Å². The maximum Gasteiger partial charge on any atom is 0.187 e. The highest BCUT2D eigenvalue weighted by atomic mass is 14.6. The molecule has 0 bridgehead atoms. The summed E-state index contributed by atoms with van der Waals surface area (Å²) >= 11 is 0. The second-order valence-corrected chi connectivity index (χ2v) is 12.5. The van der Waals surface area contributed by atoms with Crippen molar-refractivity contribution < 1.29 is 0 Å². The third kappa shape index (κ3) is 3.74. The Labute approximate surface area is 269 Å². The van der Waals surface area contributed by atoms with E-state index in [0.29, 0.717) is 5.69 Å². The van der Waals surface area contributed by atoms with E-state index in [2.05, 4.69) is 151 Å². The Hall–Kier alpha value is -5.97. The van der Waals surface area contributed by atoms with Crippen LogP contribution in [0.15, 0.2) is 146 Å². The largest absolute Gasteiger partial charge is 0.238 e. The van der Waals surface area contributed by atoms with Crippen LogP contribution < -0.4 is 0 Å². The van der Waals surface area contributed by atoms with Crippen molar-refractivity contribution in [3.05, 3.63) is 196 Å². The van der Waals surface area contributed by atoms with E-state index < -0.39 is 5.41 Å². The summed E-state index contributed by atoms with van der Waals surface area (Å²) < 4.78 is 0. The van der Waals surface area contributed by atoms with Crippen LogP contribution in [0.2, 0.25) is 0 Å². The van der Waals surface area contributed by atoms with Crippen LogP contribution in [-0.2, 0) is 5.41 Å². The Balaban J connectivity index is 1.44. The van der Waals surface area contributed by atoms with Gasteiger partial charge in [0.1, 0.15) is 0 Å². The van der Waals surface area contributed by atoms with Crippen molar-refractivity contribution in [2.45, 2.75) is 12.3 Å². The molecule has 1 spiro atoms. The lowest BCUT2D eigenvalue weighted by molar-refractivity contribution is 0.767. The predicted octanol–water partition coefficient (Wildman–Crippen LogP) is 11.9. The summed E-state index contributed by atoms with van der Waals surface area (Å²) in [5, 5.41) is 2.53. The first kappa shape index (κ1) is 26.4. The average Bonchev–Trinajstić information content (AvgIpc) is 3.33.